The van der Waals surface area contributed by atoms with Gasteiger partial charge in [0.25, 0.3) is 0 Å². The van der Waals surface area contributed by atoms with Crippen molar-refractivity contribution in [2.24, 2.45) is 0 Å². The summed E-state index contributed by atoms with van der Waals surface area (Å²) < 4.78 is 10.4. The number of rotatable bonds is 4. The molecule has 0 unspecified atom stereocenters. The molecule has 120 valence electrons. The van der Waals surface area contributed by atoms with Crippen molar-refractivity contribution >= 4 is 5.97 Å². The first-order chi connectivity index (χ1) is 11.2. The molecule has 0 saturated carbocycles. The molecular formula is C19H20O4. The third-order valence-corrected chi connectivity index (χ3v) is 4.24. The van der Waals surface area contributed by atoms with Crippen LogP contribution in [0.25, 0.3) is 11.1 Å². The second-order valence-corrected chi connectivity index (χ2v) is 5.58. The Hall–Kier alpha value is -2.49. The molecule has 0 amide bonds. The maximum Gasteiger partial charge on any atom is 0.342 e. The molecule has 0 atom stereocenters. The Kier molecular flexibility index (Phi) is 4.24. The summed E-state index contributed by atoms with van der Waals surface area (Å²) in [6.07, 6.45) is 2.66. The summed E-state index contributed by atoms with van der Waals surface area (Å²) in [4.78, 5) is 12.2. The number of carbonyl (C=O) groups is 1. The summed E-state index contributed by atoms with van der Waals surface area (Å²) in [5.74, 6) is 0.311. The summed E-state index contributed by atoms with van der Waals surface area (Å²) >= 11 is 0. The Morgan fingerprint density at radius 2 is 2.00 bits per heavy atom. The second-order valence-electron chi connectivity index (χ2n) is 5.58. The number of methoxy groups -OCH3 is 1. The molecule has 0 aromatic heterocycles. The van der Waals surface area contributed by atoms with Crippen molar-refractivity contribution in [3.05, 3.63) is 47.0 Å². The minimum Gasteiger partial charge on any atom is -0.507 e. The number of benzene rings is 2. The first-order valence-corrected chi connectivity index (χ1v) is 7.85. The molecule has 0 heterocycles. The van der Waals surface area contributed by atoms with Crippen molar-refractivity contribution in [1.82, 2.24) is 0 Å². The van der Waals surface area contributed by atoms with Gasteiger partial charge >= 0.3 is 5.97 Å². The SMILES string of the molecule is CCOC(=O)c1c(O)cc(-c2cccc(OC)c2)c2c1CCC2. The van der Waals surface area contributed by atoms with Crippen molar-refractivity contribution < 1.29 is 19.4 Å². The van der Waals surface area contributed by atoms with Crippen LogP contribution in [0.1, 0.15) is 34.8 Å². The van der Waals surface area contributed by atoms with E-state index in [0.717, 1.165) is 47.3 Å². The Labute approximate surface area is 135 Å². The number of carbonyl (C=O) groups excluding carboxylic acids is 1. The van der Waals surface area contributed by atoms with Crippen LogP contribution in [0.3, 0.4) is 0 Å². The summed E-state index contributed by atoms with van der Waals surface area (Å²) in [5, 5.41) is 10.4. The van der Waals surface area contributed by atoms with Gasteiger partial charge in [-0.1, -0.05) is 12.1 Å². The molecule has 0 aliphatic heterocycles. The smallest absolute Gasteiger partial charge is 0.342 e. The summed E-state index contributed by atoms with van der Waals surface area (Å²) in [5.41, 5.74) is 4.31. The van der Waals surface area contributed by atoms with Gasteiger partial charge in [0, 0.05) is 0 Å². The van der Waals surface area contributed by atoms with Crippen LogP contribution < -0.4 is 4.74 Å². The Balaban J connectivity index is 2.15. The molecule has 0 spiro atoms. The highest BCUT2D eigenvalue weighted by molar-refractivity contribution is 5.96. The molecule has 3 rings (SSSR count). The Bertz CT molecular complexity index is 749. The number of phenolic OH excluding ortho intramolecular Hbond substituents is 1. The number of fused-ring (bicyclic) bond motifs is 1. The zero-order valence-corrected chi connectivity index (χ0v) is 13.4. The van der Waals surface area contributed by atoms with Crippen LogP contribution >= 0.6 is 0 Å². The molecule has 2 aromatic carbocycles. The van der Waals surface area contributed by atoms with Crippen LogP contribution in [0, 0.1) is 0 Å². The molecule has 1 aliphatic rings. The minimum absolute atomic E-state index is 0.0121. The second kappa shape index (κ2) is 6.32. The standard InChI is InChI=1S/C19H20O4/c1-3-23-19(21)18-15-9-5-8-14(15)16(11-17(18)20)12-6-4-7-13(10-12)22-2/h4,6-7,10-11,20H,3,5,8-9H2,1-2H3. The van der Waals surface area contributed by atoms with Gasteiger partial charge in [0.15, 0.2) is 0 Å². The highest BCUT2D eigenvalue weighted by Gasteiger charge is 2.27. The zero-order chi connectivity index (χ0) is 16.4. The average molecular weight is 312 g/mol. The van der Waals surface area contributed by atoms with E-state index in [2.05, 4.69) is 0 Å². The third-order valence-electron chi connectivity index (χ3n) is 4.24. The summed E-state index contributed by atoms with van der Waals surface area (Å²) in [7, 11) is 1.63. The lowest BCUT2D eigenvalue weighted by Gasteiger charge is -2.15. The van der Waals surface area contributed by atoms with Gasteiger partial charge in [-0.2, -0.15) is 0 Å². The molecule has 1 aliphatic carbocycles. The maximum absolute atomic E-state index is 12.2. The molecule has 4 nitrogen and oxygen atoms in total. The molecular weight excluding hydrogens is 292 g/mol. The molecule has 0 radical (unpaired) electrons. The third kappa shape index (κ3) is 2.77. The van der Waals surface area contributed by atoms with E-state index < -0.39 is 5.97 Å². The average Bonchev–Trinajstić information content (AvgIpc) is 3.03. The Morgan fingerprint density at radius 1 is 1.22 bits per heavy atom. The lowest BCUT2D eigenvalue weighted by molar-refractivity contribution is 0.0522. The van der Waals surface area contributed by atoms with Gasteiger partial charge in [-0.05, 0) is 66.6 Å². The van der Waals surface area contributed by atoms with E-state index in [1.54, 1.807) is 20.1 Å². The van der Waals surface area contributed by atoms with Gasteiger partial charge < -0.3 is 14.6 Å². The topological polar surface area (TPSA) is 55.8 Å². The van der Waals surface area contributed by atoms with Crippen molar-refractivity contribution in [1.29, 1.82) is 0 Å². The van der Waals surface area contributed by atoms with Gasteiger partial charge in [0.1, 0.15) is 17.1 Å². The number of hydrogen-bond acceptors (Lipinski definition) is 4. The van der Waals surface area contributed by atoms with Crippen LogP contribution in [0.5, 0.6) is 11.5 Å². The van der Waals surface area contributed by atoms with Crippen LogP contribution in [0.15, 0.2) is 30.3 Å². The van der Waals surface area contributed by atoms with Crippen molar-refractivity contribution in [2.45, 2.75) is 26.2 Å². The lowest BCUT2D eigenvalue weighted by atomic mass is 9.92. The number of esters is 1. The van der Waals surface area contributed by atoms with E-state index in [9.17, 15) is 9.90 Å². The van der Waals surface area contributed by atoms with Crippen molar-refractivity contribution in [2.75, 3.05) is 13.7 Å². The van der Waals surface area contributed by atoms with Crippen LogP contribution in [0.4, 0.5) is 0 Å². The Morgan fingerprint density at radius 3 is 2.74 bits per heavy atom. The van der Waals surface area contributed by atoms with E-state index in [0.29, 0.717) is 12.2 Å². The fraction of sp³-hybridized carbons (Fsp3) is 0.316. The molecule has 4 heteroatoms. The highest BCUT2D eigenvalue weighted by atomic mass is 16.5. The number of hydrogen-bond donors (Lipinski definition) is 1. The number of aromatic hydroxyl groups is 1. The van der Waals surface area contributed by atoms with E-state index in [-0.39, 0.29) is 5.75 Å². The van der Waals surface area contributed by atoms with Crippen molar-refractivity contribution in [3.63, 3.8) is 0 Å². The fourth-order valence-electron chi connectivity index (χ4n) is 3.25. The first kappa shape index (κ1) is 15.4. The van der Waals surface area contributed by atoms with Crippen LogP contribution in [-0.4, -0.2) is 24.8 Å². The number of phenols is 1. The molecule has 0 bridgehead atoms. The largest absolute Gasteiger partial charge is 0.507 e. The molecule has 0 saturated heterocycles. The monoisotopic (exact) mass is 312 g/mol. The summed E-state index contributed by atoms with van der Waals surface area (Å²) in [6, 6.07) is 9.41. The van der Waals surface area contributed by atoms with Crippen LogP contribution in [0.2, 0.25) is 0 Å². The van der Waals surface area contributed by atoms with Crippen molar-refractivity contribution in [3.8, 4) is 22.6 Å². The van der Waals surface area contributed by atoms with E-state index in [1.807, 2.05) is 24.3 Å². The van der Waals surface area contributed by atoms with Crippen LogP contribution in [-0.2, 0) is 17.6 Å². The molecule has 1 N–H and O–H groups in total. The van der Waals surface area contributed by atoms with Gasteiger partial charge in [-0.15, -0.1) is 0 Å². The van der Waals surface area contributed by atoms with E-state index >= 15 is 0 Å². The van der Waals surface area contributed by atoms with E-state index in [4.69, 9.17) is 9.47 Å². The zero-order valence-electron chi connectivity index (χ0n) is 13.4. The van der Waals surface area contributed by atoms with E-state index in [1.165, 1.54) is 0 Å². The lowest BCUT2D eigenvalue weighted by Crippen LogP contribution is -2.09. The quantitative estimate of drug-likeness (QED) is 0.874. The van der Waals surface area contributed by atoms with Gasteiger partial charge in [-0.3, -0.25) is 0 Å². The highest BCUT2D eigenvalue weighted by Crippen LogP contribution is 2.40. The predicted octanol–water partition coefficient (Wildman–Crippen LogP) is 3.73. The minimum atomic E-state index is -0.444. The molecule has 0 fully saturated rings. The summed E-state index contributed by atoms with van der Waals surface area (Å²) in [6.45, 7) is 2.06. The van der Waals surface area contributed by atoms with Gasteiger partial charge in [0.05, 0.1) is 13.7 Å². The molecule has 2 aromatic rings. The normalized spacial score (nSPS) is 12.8. The van der Waals surface area contributed by atoms with Gasteiger partial charge in [0.2, 0.25) is 0 Å². The van der Waals surface area contributed by atoms with Gasteiger partial charge in [-0.25, -0.2) is 4.79 Å². The first-order valence-electron chi connectivity index (χ1n) is 7.85. The maximum atomic E-state index is 12.2. The fourth-order valence-corrected chi connectivity index (χ4v) is 3.25. The predicted molar refractivity (Wildman–Crippen MR) is 88.1 cm³/mol. The molecule has 23 heavy (non-hydrogen) atoms. The number of ether oxygens (including phenoxy) is 2.